The Hall–Kier alpha value is -1.87. The van der Waals surface area contributed by atoms with Crippen LogP contribution >= 0.6 is 8.25 Å². The fourth-order valence-corrected chi connectivity index (χ4v) is 1.70. The maximum Gasteiger partial charge on any atom is 0.419 e. The van der Waals surface area contributed by atoms with E-state index < -0.39 is 8.25 Å². The molecule has 16 heavy (non-hydrogen) atoms. The lowest BCUT2D eigenvalue weighted by Gasteiger charge is -2.06. The molecule has 0 spiro atoms. The van der Waals surface area contributed by atoms with Gasteiger partial charge in [0.2, 0.25) is 0 Å². The van der Waals surface area contributed by atoms with E-state index in [1.165, 1.54) is 12.4 Å². The van der Waals surface area contributed by atoms with E-state index in [2.05, 4.69) is 9.97 Å². The topological polar surface area (TPSA) is 61.3 Å². The maximum atomic E-state index is 11.5. The van der Waals surface area contributed by atoms with E-state index in [1.54, 1.807) is 36.7 Å². The second-order valence-electron chi connectivity index (χ2n) is 2.83. The average molecular weight is 236 g/mol. The summed E-state index contributed by atoms with van der Waals surface area (Å²) in [6.07, 6.45) is 6.14. The number of pyridine rings is 2. The number of hydrogen-bond acceptors (Lipinski definition) is 5. The molecule has 6 heteroatoms. The summed E-state index contributed by atoms with van der Waals surface area (Å²) in [5, 5.41) is 0. The van der Waals surface area contributed by atoms with Crippen LogP contribution in [0.15, 0.2) is 49.1 Å². The molecule has 0 aliphatic heterocycles. The molecule has 0 amide bonds. The smallest absolute Gasteiger partial charge is 0.416 e. The minimum Gasteiger partial charge on any atom is -0.416 e. The summed E-state index contributed by atoms with van der Waals surface area (Å²) in [6, 6.07) is 6.69. The molecule has 0 unspecified atom stereocenters. The van der Waals surface area contributed by atoms with Gasteiger partial charge in [-0.25, -0.2) is 4.57 Å². The standard InChI is InChI=1S/C10H9N2O3P/c13-16(14-9-3-1-5-11-7-9)15-10-4-2-6-12-8-10/h1-8,16H. The third kappa shape index (κ3) is 3.07. The highest BCUT2D eigenvalue weighted by molar-refractivity contribution is 7.34. The van der Waals surface area contributed by atoms with Crippen molar-refractivity contribution in [3.05, 3.63) is 49.1 Å². The average Bonchev–Trinajstić information content (AvgIpc) is 2.31. The highest BCUT2D eigenvalue weighted by atomic mass is 31.1. The van der Waals surface area contributed by atoms with Gasteiger partial charge in [0.1, 0.15) is 11.5 Å². The van der Waals surface area contributed by atoms with Gasteiger partial charge >= 0.3 is 8.25 Å². The first kappa shape index (κ1) is 10.6. The van der Waals surface area contributed by atoms with Crippen molar-refractivity contribution in [3.63, 3.8) is 0 Å². The Morgan fingerprint density at radius 1 is 0.938 bits per heavy atom. The summed E-state index contributed by atoms with van der Waals surface area (Å²) < 4.78 is 21.6. The van der Waals surface area contributed by atoms with Gasteiger partial charge in [-0.15, -0.1) is 0 Å². The van der Waals surface area contributed by atoms with Crippen molar-refractivity contribution in [2.45, 2.75) is 0 Å². The number of hydrogen-bond donors (Lipinski definition) is 0. The van der Waals surface area contributed by atoms with E-state index in [0.717, 1.165) is 0 Å². The highest BCUT2D eigenvalue weighted by Crippen LogP contribution is 2.28. The molecule has 0 atom stereocenters. The second kappa shape index (κ2) is 5.28. The Bertz CT molecular complexity index is 421. The Morgan fingerprint density at radius 2 is 1.44 bits per heavy atom. The largest absolute Gasteiger partial charge is 0.419 e. The third-order valence-electron chi connectivity index (χ3n) is 1.67. The van der Waals surface area contributed by atoms with Crippen LogP contribution in [0.2, 0.25) is 0 Å². The van der Waals surface area contributed by atoms with Crippen LogP contribution in [0.25, 0.3) is 0 Å². The Kier molecular flexibility index (Phi) is 3.51. The third-order valence-corrected chi connectivity index (χ3v) is 2.48. The molecule has 2 aromatic rings. The lowest BCUT2D eigenvalue weighted by molar-refractivity contribution is 0.414. The van der Waals surface area contributed by atoms with Crippen molar-refractivity contribution in [2.24, 2.45) is 0 Å². The zero-order valence-corrected chi connectivity index (χ0v) is 9.24. The highest BCUT2D eigenvalue weighted by Gasteiger charge is 2.03. The molecule has 2 rings (SSSR count). The van der Waals surface area contributed by atoms with Gasteiger partial charge in [-0.3, -0.25) is 9.97 Å². The van der Waals surface area contributed by atoms with Gasteiger partial charge in [0, 0.05) is 12.4 Å². The van der Waals surface area contributed by atoms with Crippen LogP contribution in [-0.2, 0) is 4.57 Å². The van der Waals surface area contributed by atoms with Gasteiger partial charge in [-0.05, 0) is 24.3 Å². The predicted molar refractivity (Wildman–Crippen MR) is 58.7 cm³/mol. The molecule has 2 aromatic heterocycles. The molecule has 2 heterocycles. The molecule has 0 N–H and O–H groups in total. The molecule has 0 bridgehead atoms. The number of rotatable bonds is 4. The molecular formula is C10H9N2O3P. The van der Waals surface area contributed by atoms with Crippen molar-refractivity contribution < 1.29 is 13.6 Å². The van der Waals surface area contributed by atoms with Gasteiger partial charge in [0.25, 0.3) is 0 Å². The van der Waals surface area contributed by atoms with Crippen LogP contribution in [0.3, 0.4) is 0 Å². The summed E-state index contributed by atoms with van der Waals surface area (Å²) in [7, 11) is -2.62. The Morgan fingerprint density at radius 3 is 1.81 bits per heavy atom. The SMILES string of the molecule is O=[PH](Oc1cccnc1)Oc1cccnc1. The monoisotopic (exact) mass is 236 g/mol. The van der Waals surface area contributed by atoms with Gasteiger partial charge < -0.3 is 9.05 Å². The summed E-state index contributed by atoms with van der Waals surface area (Å²) in [6.45, 7) is 0. The van der Waals surface area contributed by atoms with Crippen molar-refractivity contribution in [1.82, 2.24) is 9.97 Å². The van der Waals surface area contributed by atoms with Crippen LogP contribution in [0, 0.1) is 0 Å². The number of aromatic nitrogens is 2. The maximum absolute atomic E-state index is 11.5. The fourth-order valence-electron chi connectivity index (χ4n) is 1.03. The molecule has 0 saturated carbocycles. The lowest BCUT2D eigenvalue weighted by atomic mass is 10.5. The normalized spacial score (nSPS) is 10.1. The minimum absolute atomic E-state index is 0.412. The van der Waals surface area contributed by atoms with Crippen LogP contribution in [0.4, 0.5) is 0 Å². The van der Waals surface area contributed by atoms with Crippen molar-refractivity contribution in [1.29, 1.82) is 0 Å². The van der Waals surface area contributed by atoms with Crippen molar-refractivity contribution in [3.8, 4) is 11.5 Å². The predicted octanol–water partition coefficient (Wildman–Crippen LogP) is 2.32. The molecule has 0 aliphatic rings. The van der Waals surface area contributed by atoms with E-state index in [4.69, 9.17) is 9.05 Å². The van der Waals surface area contributed by atoms with E-state index in [0.29, 0.717) is 11.5 Å². The van der Waals surface area contributed by atoms with Gasteiger partial charge in [-0.2, -0.15) is 0 Å². The van der Waals surface area contributed by atoms with Crippen LogP contribution in [-0.4, -0.2) is 9.97 Å². The molecule has 0 radical (unpaired) electrons. The fraction of sp³-hybridized carbons (Fsp3) is 0. The van der Waals surface area contributed by atoms with Crippen LogP contribution in [0.5, 0.6) is 11.5 Å². The summed E-state index contributed by atoms with van der Waals surface area (Å²) in [5.41, 5.74) is 0. The van der Waals surface area contributed by atoms with Gasteiger partial charge in [-0.1, -0.05) is 0 Å². The lowest BCUT2D eigenvalue weighted by Crippen LogP contribution is -1.89. The first-order valence-electron chi connectivity index (χ1n) is 4.54. The second-order valence-corrected chi connectivity index (χ2v) is 3.74. The van der Waals surface area contributed by atoms with Crippen LogP contribution in [0.1, 0.15) is 0 Å². The summed E-state index contributed by atoms with van der Waals surface area (Å²) >= 11 is 0. The first-order valence-corrected chi connectivity index (χ1v) is 5.77. The zero-order chi connectivity index (χ0) is 11.2. The van der Waals surface area contributed by atoms with E-state index in [9.17, 15) is 4.57 Å². The van der Waals surface area contributed by atoms with E-state index in [1.807, 2.05) is 0 Å². The van der Waals surface area contributed by atoms with Crippen molar-refractivity contribution >= 4 is 8.25 Å². The Balaban J connectivity index is 1.95. The van der Waals surface area contributed by atoms with Gasteiger partial charge in [0.05, 0.1) is 12.4 Å². The van der Waals surface area contributed by atoms with Gasteiger partial charge in [0.15, 0.2) is 0 Å². The van der Waals surface area contributed by atoms with Crippen LogP contribution < -0.4 is 9.05 Å². The summed E-state index contributed by atoms with van der Waals surface area (Å²) in [4.78, 5) is 7.66. The first-order chi connectivity index (χ1) is 7.84. The molecule has 0 fully saturated rings. The molecule has 0 saturated heterocycles. The minimum atomic E-state index is -2.62. The molecular weight excluding hydrogens is 227 g/mol. The van der Waals surface area contributed by atoms with E-state index >= 15 is 0 Å². The molecule has 0 aliphatic carbocycles. The molecule has 82 valence electrons. The van der Waals surface area contributed by atoms with E-state index in [-0.39, 0.29) is 0 Å². The zero-order valence-electron chi connectivity index (χ0n) is 8.24. The van der Waals surface area contributed by atoms with Crippen molar-refractivity contribution in [2.75, 3.05) is 0 Å². The molecule has 0 aromatic carbocycles. The number of nitrogens with zero attached hydrogens (tertiary/aromatic N) is 2. The summed E-state index contributed by atoms with van der Waals surface area (Å²) in [5.74, 6) is 0.825. The quantitative estimate of drug-likeness (QED) is 0.762. The Labute approximate surface area is 93.0 Å². The molecule has 5 nitrogen and oxygen atoms in total.